The van der Waals surface area contributed by atoms with E-state index < -0.39 is 57.2 Å². The van der Waals surface area contributed by atoms with Crippen LogP contribution in [0.3, 0.4) is 0 Å². The molecule has 0 unspecified atom stereocenters. The fraction of sp³-hybridized carbons (Fsp3) is 0.622. The van der Waals surface area contributed by atoms with Crippen molar-refractivity contribution in [3.8, 4) is 0 Å². The zero-order chi connectivity index (χ0) is 42.0. The van der Waals surface area contributed by atoms with E-state index >= 15 is 0 Å². The minimum absolute atomic E-state index is 0.00712. The number of hydrogen-bond donors (Lipinski definition) is 4. The van der Waals surface area contributed by atoms with Gasteiger partial charge in [0.05, 0.1) is 18.8 Å². The van der Waals surface area contributed by atoms with E-state index in [1.807, 2.05) is 18.2 Å². The molecule has 1 rings (SSSR count). The lowest BCUT2D eigenvalue weighted by Gasteiger charge is -2.19. The average molecular weight is 819 g/mol. The van der Waals surface area contributed by atoms with Gasteiger partial charge in [-0.1, -0.05) is 137 Å². The third kappa shape index (κ3) is 29.7. The van der Waals surface area contributed by atoms with E-state index in [-0.39, 0.29) is 31.0 Å². The van der Waals surface area contributed by atoms with Crippen molar-refractivity contribution in [2.75, 3.05) is 13.2 Å². The number of ether oxygens (including phenoxy) is 2. The summed E-state index contributed by atoms with van der Waals surface area (Å²) >= 11 is 0. The summed E-state index contributed by atoms with van der Waals surface area (Å²) in [6.07, 6.45) is 39.4. The largest absolute Gasteiger partial charge is 0.469 e. The number of rotatable bonds is 33. The molecule has 1 saturated carbocycles. The number of hydrogen-bond acceptors (Lipinski definition) is 9. The molecule has 1 aliphatic carbocycles. The van der Waals surface area contributed by atoms with Crippen LogP contribution in [0, 0.1) is 11.8 Å². The molecule has 57 heavy (non-hydrogen) atoms. The number of unbranched alkanes of at least 4 members (excludes halogenated alkanes) is 5. The molecule has 0 heterocycles. The van der Waals surface area contributed by atoms with E-state index in [1.165, 1.54) is 0 Å². The summed E-state index contributed by atoms with van der Waals surface area (Å²) in [5, 5.41) is 20.7. The van der Waals surface area contributed by atoms with Crippen molar-refractivity contribution in [1.29, 1.82) is 0 Å². The number of allylic oxidation sites excluding steroid dienone is 13. The third-order valence-electron chi connectivity index (χ3n) is 9.32. The standard InChI is InChI=1S/C45H71O11P/c1-3-5-7-8-9-10-11-12-13-14-15-16-17-18-19-20-21-22-28-32-45(50)56-39(37-55-57(51,52)53)36-54-44(49)31-27-24-23-26-30-40-41(43(48)35-42(40)47)34-33-38(46)29-25-6-4-2/h5,7,9-10,12-13,15-16,18-19,21-22,33-34,38-42,46-47H,3-4,6,8,11,14,17,20,23-32,35-37H2,1-2H3,(H2,51,52,53)/b7-5-,10-9-,13-12-,16-15-,19-18-,22-21-,34-33+/t38-,39+,40+,41+,42-/m0/s1. The van der Waals surface area contributed by atoms with Crippen molar-refractivity contribution in [3.63, 3.8) is 0 Å². The Kier molecular flexibility index (Phi) is 30.7. The Balaban J connectivity index is 2.32. The number of ketones is 1. The molecule has 0 bridgehead atoms. The van der Waals surface area contributed by atoms with Crippen LogP contribution in [-0.4, -0.2) is 69.2 Å². The van der Waals surface area contributed by atoms with Gasteiger partial charge in [-0.3, -0.25) is 18.9 Å². The number of carbonyl (C=O) groups excluding carboxylic acids is 3. The maximum absolute atomic E-state index is 12.5. The lowest BCUT2D eigenvalue weighted by molar-refractivity contribution is -0.161. The molecule has 4 N–H and O–H groups in total. The molecular formula is C45H71O11P. The highest BCUT2D eigenvalue weighted by Crippen LogP contribution is 2.36. The van der Waals surface area contributed by atoms with E-state index in [0.29, 0.717) is 32.1 Å². The van der Waals surface area contributed by atoms with Gasteiger partial charge in [-0.05, 0) is 70.1 Å². The summed E-state index contributed by atoms with van der Waals surface area (Å²) in [5.74, 6) is -1.75. The fourth-order valence-corrected chi connectivity index (χ4v) is 6.54. The molecule has 0 aromatic rings. The van der Waals surface area contributed by atoms with Crippen molar-refractivity contribution in [2.24, 2.45) is 11.8 Å². The Morgan fingerprint density at radius 1 is 0.754 bits per heavy atom. The number of esters is 2. The van der Waals surface area contributed by atoms with Gasteiger partial charge in [-0.15, -0.1) is 0 Å². The van der Waals surface area contributed by atoms with Gasteiger partial charge >= 0.3 is 19.8 Å². The predicted molar refractivity (Wildman–Crippen MR) is 226 cm³/mol. The molecule has 0 spiro atoms. The molecule has 0 saturated heterocycles. The highest BCUT2D eigenvalue weighted by atomic mass is 31.2. The molecule has 1 fully saturated rings. The van der Waals surface area contributed by atoms with E-state index in [1.54, 1.807) is 12.2 Å². The zero-order valence-electron chi connectivity index (χ0n) is 34.4. The van der Waals surface area contributed by atoms with Gasteiger partial charge in [0, 0.05) is 25.2 Å². The summed E-state index contributed by atoms with van der Waals surface area (Å²) < 4.78 is 26.3. The van der Waals surface area contributed by atoms with Crippen LogP contribution in [0.1, 0.15) is 136 Å². The molecule has 0 aromatic heterocycles. The van der Waals surface area contributed by atoms with Crippen molar-refractivity contribution in [2.45, 2.75) is 154 Å². The normalized spacial score (nSPS) is 19.2. The maximum Gasteiger partial charge on any atom is 0.469 e. The number of phosphoric ester groups is 1. The van der Waals surface area contributed by atoms with Gasteiger partial charge in [0.2, 0.25) is 0 Å². The second-order valence-electron chi connectivity index (χ2n) is 14.4. The molecule has 322 valence electrons. The number of aliphatic hydroxyl groups is 2. The van der Waals surface area contributed by atoms with E-state index in [9.17, 15) is 29.2 Å². The van der Waals surface area contributed by atoms with E-state index in [4.69, 9.17) is 19.3 Å². The number of phosphoric acid groups is 1. The molecule has 0 amide bonds. The summed E-state index contributed by atoms with van der Waals surface area (Å²) in [7, 11) is -4.84. The highest BCUT2D eigenvalue weighted by Gasteiger charge is 2.39. The lowest BCUT2D eigenvalue weighted by atomic mass is 9.88. The first-order valence-electron chi connectivity index (χ1n) is 21.0. The van der Waals surface area contributed by atoms with Crippen LogP contribution in [0.4, 0.5) is 0 Å². The first kappa shape index (κ1) is 51.8. The Hall–Kier alpha value is -3.18. The minimum Gasteiger partial charge on any atom is -0.462 e. The molecule has 11 nitrogen and oxygen atoms in total. The van der Waals surface area contributed by atoms with Crippen molar-refractivity contribution in [3.05, 3.63) is 85.1 Å². The molecule has 1 aliphatic rings. The van der Waals surface area contributed by atoms with Crippen molar-refractivity contribution >= 4 is 25.5 Å². The smallest absolute Gasteiger partial charge is 0.462 e. The highest BCUT2D eigenvalue weighted by molar-refractivity contribution is 7.46. The molecular weight excluding hydrogens is 747 g/mol. The Morgan fingerprint density at radius 3 is 1.91 bits per heavy atom. The second-order valence-corrected chi connectivity index (χ2v) is 15.6. The Bertz CT molecular complexity index is 1360. The van der Waals surface area contributed by atoms with E-state index in [0.717, 1.165) is 70.6 Å². The average Bonchev–Trinajstić information content (AvgIpc) is 3.44. The van der Waals surface area contributed by atoms with Crippen LogP contribution < -0.4 is 0 Å². The maximum atomic E-state index is 12.5. The topological polar surface area (TPSA) is 177 Å². The van der Waals surface area contributed by atoms with Crippen LogP contribution in [0.25, 0.3) is 0 Å². The van der Waals surface area contributed by atoms with Gasteiger partial charge in [0.1, 0.15) is 12.4 Å². The number of carbonyl (C=O) groups is 3. The summed E-state index contributed by atoms with van der Waals surface area (Å²) in [5.41, 5.74) is 0. The number of aliphatic hydroxyl groups excluding tert-OH is 2. The van der Waals surface area contributed by atoms with Gasteiger partial charge < -0.3 is 29.5 Å². The summed E-state index contributed by atoms with van der Waals surface area (Å²) in [6, 6.07) is 0. The predicted octanol–water partition coefficient (Wildman–Crippen LogP) is 9.43. The molecule has 12 heteroatoms. The van der Waals surface area contributed by atoms with Gasteiger partial charge in [-0.2, -0.15) is 0 Å². The minimum atomic E-state index is -4.84. The fourth-order valence-electron chi connectivity index (χ4n) is 6.18. The quantitative estimate of drug-likeness (QED) is 0.0215. The molecule has 0 aliphatic heterocycles. The van der Waals surface area contributed by atoms with Gasteiger partial charge in [-0.25, -0.2) is 4.57 Å². The number of Topliss-reactive ketones (excluding diaryl/α,β-unsaturated/α-hetero) is 1. The first-order valence-corrected chi connectivity index (χ1v) is 22.5. The van der Waals surface area contributed by atoms with Crippen molar-refractivity contribution < 1.29 is 52.9 Å². The van der Waals surface area contributed by atoms with Crippen LogP contribution in [0.15, 0.2) is 85.1 Å². The van der Waals surface area contributed by atoms with Crippen LogP contribution in [0.2, 0.25) is 0 Å². The van der Waals surface area contributed by atoms with Gasteiger partial charge in [0.15, 0.2) is 6.10 Å². The molecule has 0 radical (unpaired) electrons. The van der Waals surface area contributed by atoms with Crippen molar-refractivity contribution in [1.82, 2.24) is 0 Å². The summed E-state index contributed by atoms with van der Waals surface area (Å²) in [6.45, 7) is 3.19. The third-order valence-corrected chi connectivity index (χ3v) is 9.80. The second kappa shape index (κ2) is 33.8. The van der Waals surface area contributed by atoms with Crippen LogP contribution in [0.5, 0.6) is 0 Å². The lowest BCUT2D eigenvalue weighted by Crippen LogP contribution is -2.29. The molecule has 0 aromatic carbocycles. The SMILES string of the molecule is CC/C=C\C/C=C\C/C=C\C/C=C\C/C=C\C/C=C\CCC(=O)O[C@H](COC(=O)CCCCCC[C@H]1[C@@H](O)CC(=O)[C@@H]1/C=C/[C@@H](O)CCCCC)COP(=O)(O)O. The van der Waals surface area contributed by atoms with Crippen LogP contribution >= 0.6 is 7.82 Å². The van der Waals surface area contributed by atoms with Crippen LogP contribution in [-0.2, 0) is 32.9 Å². The first-order chi connectivity index (χ1) is 27.5. The molecule has 5 atom stereocenters. The van der Waals surface area contributed by atoms with E-state index in [2.05, 4.69) is 73.1 Å². The zero-order valence-corrected chi connectivity index (χ0v) is 35.3. The summed E-state index contributed by atoms with van der Waals surface area (Å²) in [4.78, 5) is 55.5. The Labute approximate surface area is 342 Å². The monoisotopic (exact) mass is 818 g/mol. The Morgan fingerprint density at radius 2 is 1.33 bits per heavy atom. The van der Waals surface area contributed by atoms with Gasteiger partial charge in [0.25, 0.3) is 0 Å².